The van der Waals surface area contributed by atoms with Gasteiger partial charge in [0, 0.05) is 37.8 Å². The van der Waals surface area contributed by atoms with Gasteiger partial charge in [-0.25, -0.2) is 8.78 Å². The molecule has 150 valence electrons. The average Bonchev–Trinajstić information content (AvgIpc) is 2.76. The maximum absolute atomic E-state index is 14.0. The Morgan fingerprint density at radius 1 is 0.862 bits per heavy atom. The number of piperazine rings is 1. The maximum Gasteiger partial charge on any atom is 0.154 e. The van der Waals surface area contributed by atoms with Crippen LogP contribution >= 0.6 is 0 Å². The van der Waals surface area contributed by atoms with E-state index < -0.39 is 11.6 Å². The Morgan fingerprint density at radius 3 is 2.14 bits per heavy atom. The molecule has 0 radical (unpaired) electrons. The number of rotatable bonds is 3. The van der Waals surface area contributed by atoms with Gasteiger partial charge in [0.15, 0.2) is 5.82 Å². The van der Waals surface area contributed by atoms with E-state index in [4.69, 9.17) is 4.79 Å². The van der Waals surface area contributed by atoms with Gasteiger partial charge >= 0.3 is 0 Å². The smallest absolute Gasteiger partial charge is 0.154 e. The van der Waals surface area contributed by atoms with Crippen molar-refractivity contribution in [3.63, 3.8) is 0 Å². The van der Waals surface area contributed by atoms with Crippen LogP contribution in [0.25, 0.3) is 11.3 Å². The van der Waals surface area contributed by atoms with Crippen molar-refractivity contribution >= 4 is 18.3 Å². The molecule has 1 saturated heterocycles. The number of hydrogen-bond donors (Lipinski definition) is 0. The summed E-state index contributed by atoms with van der Waals surface area (Å²) < 4.78 is 27.1. The Kier molecular flexibility index (Phi) is 6.49. The molecule has 2 heterocycles. The SMILES string of the molecule is C=O.Cc1cc(-c2ccccc2)nnc1N1CCN(c2ccc(F)cc2F)CC1. The molecule has 1 aliphatic rings. The summed E-state index contributed by atoms with van der Waals surface area (Å²) in [6, 6.07) is 15.7. The molecule has 3 aromatic rings. The fourth-order valence-corrected chi connectivity index (χ4v) is 3.44. The van der Waals surface area contributed by atoms with E-state index in [2.05, 4.69) is 15.1 Å². The summed E-state index contributed by atoms with van der Waals surface area (Å²) >= 11 is 0. The lowest BCUT2D eigenvalue weighted by molar-refractivity contribution is -0.0979. The summed E-state index contributed by atoms with van der Waals surface area (Å²) in [7, 11) is 0. The van der Waals surface area contributed by atoms with E-state index in [0.29, 0.717) is 31.9 Å². The molecule has 0 saturated carbocycles. The average molecular weight is 396 g/mol. The van der Waals surface area contributed by atoms with Gasteiger partial charge in [-0.05, 0) is 30.7 Å². The van der Waals surface area contributed by atoms with Crippen LogP contribution < -0.4 is 9.80 Å². The van der Waals surface area contributed by atoms with E-state index >= 15 is 0 Å². The highest BCUT2D eigenvalue weighted by atomic mass is 19.1. The van der Waals surface area contributed by atoms with Crippen LogP contribution in [0.2, 0.25) is 0 Å². The predicted octanol–water partition coefficient (Wildman–Crippen LogP) is 3.87. The second-order valence-corrected chi connectivity index (χ2v) is 6.67. The van der Waals surface area contributed by atoms with Crippen molar-refractivity contribution in [2.45, 2.75) is 6.92 Å². The largest absolute Gasteiger partial charge is 0.366 e. The van der Waals surface area contributed by atoms with Crippen molar-refractivity contribution in [3.8, 4) is 11.3 Å². The van der Waals surface area contributed by atoms with Crippen molar-refractivity contribution in [1.82, 2.24) is 10.2 Å². The Balaban J connectivity index is 0.00000117. The van der Waals surface area contributed by atoms with E-state index in [1.807, 2.05) is 55.0 Å². The van der Waals surface area contributed by atoms with Gasteiger partial charge in [-0.1, -0.05) is 30.3 Å². The number of carbonyl (C=O) groups is 1. The molecule has 1 fully saturated rings. The molecular formula is C22H22F2N4O. The van der Waals surface area contributed by atoms with Gasteiger partial charge < -0.3 is 14.6 Å². The lowest BCUT2D eigenvalue weighted by atomic mass is 10.1. The molecule has 2 aromatic carbocycles. The quantitative estimate of drug-likeness (QED) is 0.673. The molecule has 4 rings (SSSR count). The third-order valence-corrected chi connectivity index (χ3v) is 4.86. The zero-order valence-corrected chi connectivity index (χ0v) is 16.2. The number of carbonyl (C=O) groups excluding carboxylic acids is 1. The first-order valence-electron chi connectivity index (χ1n) is 9.25. The first-order valence-corrected chi connectivity index (χ1v) is 9.25. The van der Waals surface area contributed by atoms with Crippen LogP contribution in [0.15, 0.2) is 54.6 Å². The lowest BCUT2D eigenvalue weighted by Crippen LogP contribution is -2.47. The van der Waals surface area contributed by atoms with E-state index in [9.17, 15) is 8.78 Å². The molecule has 0 aliphatic carbocycles. The fourth-order valence-electron chi connectivity index (χ4n) is 3.44. The van der Waals surface area contributed by atoms with Crippen molar-refractivity contribution in [1.29, 1.82) is 0 Å². The van der Waals surface area contributed by atoms with Crippen LogP contribution in [0, 0.1) is 18.6 Å². The van der Waals surface area contributed by atoms with Crippen molar-refractivity contribution in [3.05, 3.63) is 71.8 Å². The third-order valence-electron chi connectivity index (χ3n) is 4.86. The van der Waals surface area contributed by atoms with E-state index in [1.165, 1.54) is 12.1 Å². The second-order valence-electron chi connectivity index (χ2n) is 6.67. The normalized spacial score (nSPS) is 13.6. The Labute approximate surface area is 168 Å². The summed E-state index contributed by atoms with van der Waals surface area (Å²) in [5.74, 6) is -0.222. The van der Waals surface area contributed by atoms with Crippen LogP contribution in [0.5, 0.6) is 0 Å². The van der Waals surface area contributed by atoms with Crippen molar-refractivity contribution in [2.24, 2.45) is 0 Å². The minimum atomic E-state index is -0.556. The highest BCUT2D eigenvalue weighted by Gasteiger charge is 2.22. The summed E-state index contributed by atoms with van der Waals surface area (Å²) in [5, 5.41) is 8.82. The minimum absolute atomic E-state index is 0.443. The van der Waals surface area contributed by atoms with Gasteiger partial charge in [0.1, 0.15) is 18.4 Å². The van der Waals surface area contributed by atoms with E-state index in [1.54, 1.807) is 0 Å². The Morgan fingerprint density at radius 2 is 1.52 bits per heavy atom. The van der Waals surface area contributed by atoms with Gasteiger partial charge in [0.25, 0.3) is 0 Å². The topological polar surface area (TPSA) is 49.3 Å². The number of halogens is 2. The molecule has 0 spiro atoms. The Hall–Kier alpha value is -3.35. The number of aryl methyl sites for hydroxylation is 1. The van der Waals surface area contributed by atoms with Gasteiger partial charge in [0.2, 0.25) is 0 Å². The minimum Gasteiger partial charge on any atom is -0.366 e. The van der Waals surface area contributed by atoms with Crippen LogP contribution in [0.4, 0.5) is 20.3 Å². The third kappa shape index (κ3) is 4.56. The van der Waals surface area contributed by atoms with Gasteiger partial charge in [0.05, 0.1) is 11.4 Å². The first-order chi connectivity index (χ1) is 14.1. The Bertz CT molecular complexity index is 960. The number of aromatic nitrogens is 2. The van der Waals surface area contributed by atoms with Crippen LogP contribution in [-0.4, -0.2) is 43.2 Å². The van der Waals surface area contributed by atoms with Crippen LogP contribution in [0.1, 0.15) is 5.56 Å². The molecule has 0 bridgehead atoms. The predicted molar refractivity (Wildman–Crippen MR) is 110 cm³/mol. The molecule has 0 unspecified atom stereocenters. The van der Waals surface area contributed by atoms with Gasteiger partial charge in [-0.2, -0.15) is 0 Å². The van der Waals surface area contributed by atoms with Crippen LogP contribution in [0.3, 0.4) is 0 Å². The highest BCUT2D eigenvalue weighted by molar-refractivity contribution is 5.62. The van der Waals surface area contributed by atoms with Gasteiger partial charge in [-0.15, -0.1) is 10.2 Å². The molecule has 1 aromatic heterocycles. The zero-order chi connectivity index (χ0) is 20.8. The number of benzene rings is 2. The second kappa shape index (κ2) is 9.23. The van der Waals surface area contributed by atoms with Crippen molar-refractivity contribution < 1.29 is 13.6 Å². The fraction of sp³-hybridized carbons (Fsp3) is 0.227. The highest BCUT2D eigenvalue weighted by Crippen LogP contribution is 2.26. The molecule has 0 amide bonds. The van der Waals surface area contributed by atoms with Gasteiger partial charge in [-0.3, -0.25) is 0 Å². The summed E-state index contributed by atoms with van der Waals surface area (Å²) in [6.07, 6.45) is 0. The van der Waals surface area contributed by atoms with Crippen molar-refractivity contribution in [2.75, 3.05) is 36.0 Å². The number of hydrogen-bond acceptors (Lipinski definition) is 5. The molecule has 0 atom stereocenters. The maximum atomic E-state index is 14.0. The molecule has 29 heavy (non-hydrogen) atoms. The molecule has 5 nitrogen and oxygen atoms in total. The molecular weight excluding hydrogens is 374 g/mol. The summed E-state index contributed by atoms with van der Waals surface area (Å²) in [5.41, 5.74) is 3.39. The zero-order valence-electron chi connectivity index (χ0n) is 16.2. The molecule has 0 N–H and O–H groups in total. The standard InChI is InChI=1S/C21H20F2N4.CH2O/c1-15-13-19(16-5-3-2-4-6-16)24-25-21(15)27-11-9-26(10-12-27)20-8-7-17(22)14-18(20)23;1-2/h2-8,13-14H,9-12H2,1H3;1H2. The van der Waals surface area contributed by atoms with E-state index in [-0.39, 0.29) is 0 Å². The van der Waals surface area contributed by atoms with Crippen LogP contribution in [-0.2, 0) is 4.79 Å². The number of nitrogens with zero attached hydrogens (tertiary/aromatic N) is 4. The molecule has 1 aliphatic heterocycles. The number of anilines is 2. The first kappa shape index (κ1) is 20.4. The monoisotopic (exact) mass is 396 g/mol. The lowest BCUT2D eigenvalue weighted by Gasteiger charge is -2.37. The van der Waals surface area contributed by atoms with E-state index in [0.717, 1.165) is 28.7 Å². The summed E-state index contributed by atoms with van der Waals surface area (Å²) in [4.78, 5) is 12.1. The molecule has 7 heteroatoms. The summed E-state index contributed by atoms with van der Waals surface area (Å²) in [6.45, 7) is 6.73.